The van der Waals surface area contributed by atoms with E-state index in [-0.39, 0.29) is 12.2 Å². The summed E-state index contributed by atoms with van der Waals surface area (Å²) in [6.45, 7) is -0.427. The third kappa shape index (κ3) is 6.07. The molecule has 134 valence electrons. The molecule has 0 heterocycles. The Morgan fingerprint density at radius 1 is 1.24 bits per heavy atom. The minimum atomic E-state index is -3.64. The van der Waals surface area contributed by atoms with E-state index in [1.54, 1.807) is 30.3 Å². The second kappa shape index (κ2) is 8.27. The average Bonchev–Trinajstić information content (AvgIpc) is 2.50. The van der Waals surface area contributed by atoms with Gasteiger partial charge in [0.1, 0.15) is 5.82 Å². The van der Waals surface area contributed by atoms with E-state index in [0.29, 0.717) is 15.1 Å². The lowest BCUT2D eigenvalue weighted by Gasteiger charge is -2.19. The van der Waals surface area contributed by atoms with Crippen molar-refractivity contribution in [2.24, 2.45) is 0 Å². The molecular formula is C16H15BrClFN2O3S. The number of sulfonamides is 1. The first-order chi connectivity index (χ1) is 11.6. The predicted molar refractivity (Wildman–Crippen MR) is 99.4 cm³/mol. The van der Waals surface area contributed by atoms with Crippen LogP contribution in [0.5, 0.6) is 0 Å². The molecule has 9 heteroatoms. The summed E-state index contributed by atoms with van der Waals surface area (Å²) in [5, 5.41) is 2.90. The number of rotatable bonds is 6. The van der Waals surface area contributed by atoms with Crippen LogP contribution in [-0.4, -0.2) is 31.4 Å². The molecule has 0 fully saturated rings. The zero-order valence-corrected chi connectivity index (χ0v) is 16.3. The van der Waals surface area contributed by atoms with Crippen LogP contribution in [-0.2, 0) is 21.4 Å². The molecule has 2 rings (SSSR count). The highest BCUT2D eigenvalue weighted by Crippen LogP contribution is 2.19. The number of anilines is 1. The van der Waals surface area contributed by atoms with Crippen molar-refractivity contribution in [1.82, 2.24) is 4.31 Å². The number of hydrogen-bond acceptors (Lipinski definition) is 3. The Labute approximate surface area is 159 Å². The molecule has 0 aliphatic heterocycles. The van der Waals surface area contributed by atoms with E-state index in [2.05, 4.69) is 21.2 Å². The third-order valence-electron chi connectivity index (χ3n) is 3.27. The van der Waals surface area contributed by atoms with Gasteiger partial charge < -0.3 is 5.32 Å². The highest BCUT2D eigenvalue weighted by atomic mass is 79.9. The lowest BCUT2D eigenvalue weighted by atomic mass is 10.2. The van der Waals surface area contributed by atoms with Crippen molar-refractivity contribution in [3.8, 4) is 0 Å². The molecule has 0 saturated carbocycles. The van der Waals surface area contributed by atoms with Gasteiger partial charge >= 0.3 is 0 Å². The summed E-state index contributed by atoms with van der Waals surface area (Å²) < 4.78 is 39.2. The van der Waals surface area contributed by atoms with Crippen molar-refractivity contribution >= 4 is 49.1 Å². The number of benzene rings is 2. The van der Waals surface area contributed by atoms with Gasteiger partial charge in [-0.2, -0.15) is 4.31 Å². The quantitative estimate of drug-likeness (QED) is 0.732. The predicted octanol–water partition coefficient (Wildman–Crippen LogP) is 3.64. The lowest BCUT2D eigenvalue weighted by molar-refractivity contribution is -0.116. The van der Waals surface area contributed by atoms with Gasteiger partial charge in [0.2, 0.25) is 15.9 Å². The normalized spacial score (nSPS) is 11.6. The molecular weight excluding hydrogens is 435 g/mol. The van der Waals surface area contributed by atoms with Gasteiger partial charge in [-0.15, -0.1) is 0 Å². The van der Waals surface area contributed by atoms with E-state index in [4.69, 9.17) is 11.6 Å². The molecule has 1 amide bonds. The van der Waals surface area contributed by atoms with Crippen molar-refractivity contribution in [2.45, 2.75) is 6.54 Å². The minimum Gasteiger partial charge on any atom is -0.322 e. The molecule has 5 nitrogen and oxygen atoms in total. The Kier molecular flexibility index (Phi) is 6.56. The summed E-state index contributed by atoms with van der Waals surface area (Å²) in [7, 11) is -3.64. The number of amides is 1. The molecule has 0 saturated heterocycles. The molecule has 25 heavy (non-hydrogen) atoms. The highest BCUT2D eigenvalue weighted by molar-refractivity contribution is 9.10. The molecule has 0 atom stereocenters. The first-order valence-corrected chi connectivity index (χ1v) is 10.1. The lowest BCUT2D eigenvalue weighted by Crippen LogP contribution is -2.37. The molecule has 0 aliphatic rings. The fourth-order valence-electron chi connectivity index (χ4n) is 2.02. The van der Waals surface area contributed by atoms with Crippen LogP contribution in [0, 0.1) is 5.82 Å². The number of nitrogens with zero attached hydrogens (tertiary/aromatic N) is 1. The summed E-state index contributed by atoms with van der Waals surface area (Å²) in [4.78, 5) is 12.1. The number of carbonyl (C=O) groups is 1. The number of carbonyl (C=O) groups excluding carboxylic acids is 1. The van der Waals surface area contributed by atoms with Crippen molar-refractivity contribution in [1.29, 1.82) is 0 Å². The smallest absolute Gasteiger partial charge is 0.239 e. The van der Waals surface area contributed by atoms with Gasteiger partial charge in [-0.05, 0) is 35.9 Å². The van der Waals surface area contributed by atoms with Gasteiger partial charge in [-0.1, -0.05) is 39.7 Å². The van der Waals surface area contributed by atoms with Crippen LogP contribution >= 0.6 is 27.5 Å². The Morgan fingerprint density at radius 2 is 1.88 bits per heavy atom. The van der Waals surface area contributed by atoms with Crippen molar-refractivity contribution in [2.75, 3.05) is 18.1 Å². The molecule has 1 N–H and O–H groups in total. The van der Waals surface area contributed by atoms with Gasteiger partial charge in [0.15, 0.2) is 0 Å². The maximum atomic E-state index is 13.8. The molecule has 0 bridgehead atoms. The second-order valence-corrected chi connectivity index (χ2v) is 8.66. The number of hydrogen-bond donors (Lipinski definition) is 1. The summed E-state index contributed by atoms with van der Waals surface area (Å²) in [5.74, 6) is -1.26. The topological polar surface area (TPSA) is 66.5 Å². The Bertz CT molecular complexity index is 875. The van der Waals surface area contributed by atoms with Crippen molar-refractivity contribution in [3.05, 3.63) is 63.3 Å². The van der Waals surface area contributed by atoms with Gasteiger partial charge in [-0.25, -0.2) is 12.8 Å². The third-order valence-corrected chi connectivity index (χ3v) is 5.21. The van der Waals surface area contributed by atoms with Gasteiger partial charge in [-0.3, -0.25) is 4.79 Å². The SMILES string of the molecule is CS(=O)(=O)N(CC(=O)Nc1ccc(Br)cc1F)Cc1ccc(Cl)cc1. The van der Waals surface area contributed by atoms with E-state index in [1.807, 2.05) is 0 Å². The Balaban J connectivity index is 2.11. The largest absolute Gasteiger partial charge is 0.322 e. The zero-order chi connectivity index (χ0) is 18.6. The fraction of sp³-hybridized carbons (Fsp3) is 0.188. The Hall–Kier alpha value is -1.48. The van der Waals surface area contributed by atoms with Crippen LogP contribution in [0.15, 0.2) is 46.9 Å². The molecule has 0 unspecified atom stereocenters. The van der Waals surface area contributed by atoms with Crippen molar-refractivity contribution in [3.63, 3.8) is 0 Å². The molecule has 0 radical (unpaired) electrons. The molecule has 0 aromatic heterocycles. The van der Waals surface area contributed by atoms with E-state index in [9.17, 15) is 17.6 Å². The second-order valence-electron chi connectivity index (χ2n) is 5.33. The maximum absolute atomic E-state index is 13.8. The first-order valence-electron chi connectivity index (χ1n) is 7.09. The van der Waals surface area contributed by atoms with Crippen LogP contribution in [0.4, 0.5) is 10.1 Å². The Morgan fingerprint density at radius 3 is 2.44 bits per heavy atom. The van der Waals surface area contributed by atoms with E-state index in [0.717, 1.165) is 10.6 Å². The van der Waals surface area contributed by atoms with Crippen LogP contribution < -0.4 is 5.32 Å². The fourth-order valence-corrected chi connectivity index (χ4v) is 3.22. The van der Waals surface area contributed by atoms with Gasteiger partial charge in [0.25, 0.3) is 0 Å². The van der Waals surface area contributed by atoms with Crippen LogP contribution in [0.25, 0.3) is 0 Å². The summed E-state index contributed by atoms with van der Waals surface area (Å²) in [6.07, 6.45) is 1.01. The molecule has 0 aliphatic carbocycles. The summed E-state index contributed by atoms with van der Waals surface area (Å²) in [6, 6.07) is 10.8. The van der Waals surface area contributed by atoms with Gasteiger partial charge in [0, 0.05) is 16.0 Å². The zero-order valence-electron chi connectivity index (χ0n) is 13.2. The average molecular weight is 450 g/mol. The number of halogens is 3. The van der Waals surface area contributed by atoms with Crippen LogP contribution in [0.2, 0.25) is 5.02 Å². The standard InChI is InChI=1S/C16H15BrClFN2O3S/c1-25(23,24)21(9-11-2-5-13(18)6-3-11)10-16(22)20-15-7-4-12(17)8-14(15)19/h2-8H,9-10H2,1H3,(H,20,22). The highest BCUT2D eigenvalue weighted by Gasteiger charge is 2.21. The molecule has 2 aromatic rings. The number of nitrogens with one attached hydrogen (secondary N) is 1. The monoisotopic (exact) mass is 448 g/mol. The molecule has 0 spiro atoms. The molecule has 2 aromatic carbocycles. The summed E-state index contributed by atoms with van der Waals surface area (Å²) in [5.41, 5.74) is 0.658. The van der Waals surface area contributed by atoms with E-state index < -0.39 is 28.3 Å². The van der Waals surface area contributed by atoms with Crippen LogP contribution in [0.1, 0.15) is 5.56 Å². The minimum absolute atomic E-state index is 0.00619. The first kappa shape index (κ1) is 19.8. The van der Waals surface area contributed by atoms with Crippen molar-refractivity contribution < 1.29 is 17.6 Å². The van der Waals surface area contributed by atoms with Gasteiger partial charge in [0.05, 0.1) is 18.5 Å². The maximum Gasteiger partial charge on any atom is 0.239 e. The van der Waals surface area contributed by atoms with E-state index >= 15 is 0 Å². The van der Waals surface area contributed by atoms with Crippen LogP contribution in [0.3, 0.4) is 0 Å². The summed E-state index contributed by atoms with van der Waals surface area (Å²) >= 11 is 8.93. The van der Waals surface area contributed by atoms with E-state index in [1.165, 1.54) is 12.1 Å².